The summed E-state index contributed by atoms with van der Waals surface area (Å²) in [7, 11) is 0. The number of benzene rings is 1. The predicted octanol–water partition coefficient (Wildman–Crippen LogP) is 2.02. The number of hydrogen-bond acceptors (Lipinski definition) is 3. The molecule has 1 amide bonds. The van der Waals surface area contributed by atoms with Gasteiger partial charge in [0.05, 0.1) is 11.6 Å². The van der Waals surface area contributed by atoms with E-state index in [4.69, 9.17) is 5.26 Å². The molecule has 1 aliphatic rings. The van der Waals surface area contributed by atoms with Gasteiger partial charge in [-0.05, 0) is 56.6 Å². The maximum Gasteiger partial charge on any atom is 0.251 e. The Bertz CT molecular complexity index is 499. The van der Waals surface area contributed by atoms with Crippen LogP contribution >= 0.6 is 0 Å². The summed E-state index contributed by atoms with van der Waals surface area (Å²) in [6.07, 6.45) is 2.29. The highest BCUT2D eigenvalue weighted by atomic mass is 16.1. The Labute approximate surface area is 120 Å². The van der Waals surface area contributed by atoms with Crippen LogP contribution in [0.25, 0.3) is 0 Å². The molecule has 0 unspecified atom stereocenters. The summed E-state index contributed by atoms with van der Waals surface area (Å²) in [6, 6.07) is 8.88. The highest BCUT2D eigenvalue weighted by Crippen LogP contribution is 2.16. The molecule has 1 aromatic carbocycles. The lowest BCUT2D eigenvalue weighted by atomic mass is 9.96. The van der Waals surface area contributed by atoms with E-state index in [2.05, 4.69) is 23.2 Å². The monoisotopic (exact) mass is 271 g/mol. The van der Waals surface area contributed by atoms with Gasteiger partial charge in [0.2, 0.25) is 0 Å². The van der Waals surface area contributed by atoms with E-state index in [1.54, 1.807) is 24.3 Å². The first-order valence-corrected chi connectivity index (χ1v) is 7.23. The highest BCUT2D eigenvalue weighted by Gasteiger charge is 2.18. The van der Waals surface area contributed by atoms with Crippen LogP contribution in [0.3, 0.4) is 0 Å². The summed E-state index contributed by atoms with van der Waals surface area (Å²) in [5.74, 6) is 0.487. The van der Waals surface area contributed by atoms with Gasteiger partial charge in [0.15, 0.2) is 0 Å². The number of nitriles is 1. The maximum absolute atomic E-state index is 12.0. The lowest BCUT2D eigenvalue weighted by Gasteiger charge is -2.31. The fourth-order valence-electron chi connectivity index (χ4n) is 2.58. The van der Waals surface area contributed by atoms with Crippen LogP contribution in [0.5, 0.6) is 0 Å². The molecule has 1 aromatic rings. The van der Waals surface area contributed by atoms with E-state index < -0.39 is 0 Å². The topological polar surface area (TPSA) is 56.1 Å². The average molecular weight is 271 g/mol. The van der Waals surface area contributed by atoms with Gasteiger partial charge < -0.3 is 10.2 Å². The lowest BCUT2D eigenvalue weighted by molar-refractivity contribution is 0.0937. The molecule has 1 N–H and O–H groups in total. The second kappa shape index (κ2) is 7.06. The molecule has 0 radical (unpaired) electrons. The fourth-order valence-corrected chi connectivity index (χ4v) is 2.58. The van der Waals surface area contributed by atoms with Crippen molar-refractivity contribution in [3.63, 3.8) is 0 Å². The van der Waals surface area contributed by atoms with Crippen LogP contribution in [0.4, 0.5) is 0 Å². The zero-order valence-electron chi connectivity index (χ0n) is 11.9. The zero-order valence-corrected chi connectivity index (χ0v) is 11.9. The molecule has 0 bridgehead atoms. The third-order valence-corrected chi connectivity index (χ3v) is 3.96. The van der Waals surface area contributed by atoms with Crippen molar-refractivity contribution in [2.75, 3.05) is 26.2 Å². The van der Waals surface area contributed by atoms with E-state index in [0.29, 0.717) is 17.0 Å². The summed E-state index contributed by atoms with van der Waals surface area (Å²) in [4.78, 5) is 14.5. The third kappa shape index (κ3) is 3.82. The molecule has 1 aliphatic heterocycles. The molecule has 0 aromatic heterocycles. The number of likely N-dealkylation sites (tertiary alicyclic amines) is 1. The van der Waals surface area contributed by atoms with Gasteiger partial charge in [0.25, 0.3) is 5.91 Å². The van der Waals surface area contributed by atoms with Gasteiger partial charge in [-0.3, -0.25) is 4.79 Å². The molecule has 0 spiro atoms. The molecule has 0 aliphatic carbocycles. The van der Waals surface area contributed by atoms with Crippen molar-refractivity contribution in [1.29, 1.82) is 5.26 Å². The van der Waals surface area contributed by atoms with Crippen molar-refractivity contribution in [1.82, 2.24) is 10.2 Å². The normalized spacial score (nSPS) is 16.6. The second-order valence-electron chi connectivity index (χ2n) is 5.28. The van der Waals surface area contributed by atoms with Crippen LogP contribution in [0.15, 0.2) is 24.3 Å². The number of rotatable bonds is 4. The number of amides is 1. The van der Waals surface area contributed by atoms with Crippen molar-refractivity contribution in [3.8, 4) is 6.07 Å². The Balaban J connectivity index is 1.82. The van der Waals surface area contributed by atoms with Crippen LogP contribution in [0.2, 0.25) is 0 Å². The molecule has 0 saturated carbocycles. The Morgan fingerprint density at radius 1 is 1.45 bits per heavy atom. The molecule has 4 nitrogen and oxygen atoms in total. The lowest BCUT2D eigenvalue weighted by Crippen LogP contribution is -2.38. The number of piperidine rings is 1. The van der Waals surface area contributed by atoms with Crippen molar-refractivity contribution >= 4 is 5.91 Å². The van der Waals surface area contributed by atoms with Crippen molar-refractivity contribution in [2.45, 2.75) is 19.8 Å². The van der Waals surface area contributed by atoms with Crippen molar-refractivity contribution < 1.29 is 4.79 Å². The molecule has 106 valence electrons. The first-order chi connectivity index (χ1) is 9.72. The molecule has 2 rings (SSSR count). The number of carbonyl (C=O) groups excluding carboxylic acids is 1. The number of carbonyl (C=O) groups is 1. The molecule has 1 heterocycles. The quantitative estimate of drug-likeness (QED) is 0.911. The second-order valence-corrected chi connectivity index (χ2v) is 5.28. The highest BCUT2D eigenvalue weighted by molar-refractivity contribution is 5.94. The number of nitrogens with zero attached hydrogens (tertiary/aromatic N) is 2. The van der Waals surface area contributed by atoms with Crippen molar-refractivity contribution in [3.05, 3.63) is 35.4 Å². The smallest absolute Gasteiger partial charge is 0.251 e. The van der Waals surface area contributed by atoms with Gasteiger partial charge in [0, 0.05) is 12.1 Å². The molecule has 1 saturated heterocycles. The van der Waals surface area contributed by atoms with E-state index in [9.17, 15) is 4.79 Å². The van der Waals surface area contributed by atoms with Crippen LogP contribution in [-0.2, 0) is 0 Å². The summed E-state index contributed by atoms with van der Waals surface area (Å²) in [5.41, 5.74) is 1.09. The minimum Gasteiger partial charge on any atom is -0.352 e. The maximum atomic E-state index is 12.0. The molecule has 4 heteroatoms. The molecular formula is C16H21N3O. The molecule has 0 atom stereocenters. The van der Waals surface area contributed by atoms with Gasteiger partial charge in [-0.25, -0.2) is 0 Å². The van der Waals surface area contributed by atoms with Gasteiger partial charge in [-0.2, -0.15) is 5.26 Å². The molecular weight excluding hydrogens is 250 g/mol. The van der Waals surface area contributed by atoms with E-state index in [1.807, 2.05) is 0 Å². The number of nitrogens with one attached hydrogen (secondary N) is 1. The van der Waals surface area contributed by atoms with E-state index in [1.165, 1.54) is 0 Å². The van der Waals surface area contributed by atoms with Gasteiger partial charge in [0.1, 0.15) is 0 Å². The standard InChI is InChI=1S/C16H21N3O/c1-2-19-8-6-13(7-9-19)12-18-16(20)15-5-3-4-14(10-15)11-17/h3-5,10,13H,2,6-9,12H2,1H3,(H,18,20). The van der Waals surface area contributed by atoms with Crippen LogP contribution in [-0.4, -0.2) is 37.0 Å². The van der Waals surface area contributed by atoms with Gasteiger partial charge in [-0.15, -0.1) is 0 Å². The first-order valence-electron chi connectivity index (χ1n) is 7.23. The summed E-state index contributed by atoms with van der Waals surface area (Å²) >= 11 is 0. The summed E-state index contributed by atoms with van der Waals surface area (Å²) < 4.78 is 0. The van der Waals surface area contributed by atoms with Crippen molar-refractivity contribution in [2.24, 2.45) is 5.92 Å². The minimum atomic E-state index is -0.0833. The number of hydrogen-bond donors (Lipinski definition) is 1. The third-order valence-electron chi connectivity index (χ3n) is 3.96. The summed E-state index contributed by atoms with van der Waals surface area (Å²) in [5, 5.41) is 11.8. The Morgan fingerprint density at radius 3 is 2.85 bits per heavy atom. The Morgan fingerprint density at radius 2 is 2.20 bits per heavy atom. The predicted molar refractivity (Wildman–Crippen MR) is 78.3 cm³/mol. The molecule has 20 heavy (non-hydrogen) atoms. The van der Waals surface area contributed by atoms with Gasteiger partial charge in [-0.1, -0.05) is 13.0 Å². The van der Waals surface area contributed by atoms with E-state index in [0.717, 1.165) is 39.0 Å². The fraction of sp³-hybridized carbons (Fsp3) is 0.500. The first kappa shape index (κ1) is 14.5. The van der Waals surface area contributed by atoms with Crippen LogP contribution < -0.4 is 5.32 Å². The van der Waals surface area contributed by atoms with E-state index >= 15 is 0 Å². The van der Waals surface area contributed by atoms with Crippen LogP contribution in [0, 0.1) is 17.2 Å². The Kier molecular flexibility index (Phi) is 5.14. The average Bonchev–Trinajstić information content (AvgIpc) is 2.53. The summed E-state index contributed by atoms with van der Waals surface area (Å²) in [6.45, 7) is 6.28. The Hall–Kier alpha value is -1.86. The largest absolute Gasteiger partial charge is 0.352 e. The SMILES string of the molecule is CCN1CCC(CNC(=O)c2cccc(C#N)c2)CC1. The zero-order chi connectivity index (χ0) is 14.4. The van der Waals surface area contributed by atoms with Gasteiger partial charge >= 0.3 is 0 Å². The molecule has 1 fully saturated rings. The minimum absolute atomic E-state index is 0.0833. The van der Waals surface area contributed by atoms with E-state index in [-0.39, 0.29) is 5.91 Å². The van der Waals surface area contributed by atoms with Crippen LogP contribution in [0.1, 0.15) is 35.7 Å².